The van der Waals surface area contributed by atoms with Gasteiger partial charge in [-0.1, -0.05) is 44.2 Å². The van der Waals surface area contributed by atoms with E-state index in [0.717, 1.165) is 38.4 Å². The van der Waals surface area contributed by atoms with Gasteiger partial charge in [-0.2, -0.15) is 0 Å². The number of fused-ring (bicyclic) bond motifs is 2. The first kappa shape index (κ1) is 26.4. The van der Waals surface area contributed by atoms with Crippen molar-refractivity contribution in [3.63, 3.8) is 0 Å². The maximum absolute atomic E-state index is 9.39. The minimum atomic E-state index is 0. The highest BCUT2D eigenvalue weighted by molar-refractivity contribution is 14.0. The molecule has 0 aliphatic carbocycles. The number of rotatable bonds is 10. The molecule has 176 valence electrons. The summed E-state index contributed by atoms with van der Waals surface area (Å²) in [7, 11) is 0. The minimum Gasteiger partial charge on any atom is -0.396 e. The van der Waals surface area contributed by atoms with Crippen LogP contribution in [0.25, 0.3) is 0 Å². The number of aliphatic hydroxyl groups is 1. The lowest BCUT2D eigenvalue weighted by molar-refractivity contribution is 0.114. The maximum Gasteiger partial charge on any atom is 0.191 e. The molecule has 0 radical (unpaired) electrons. The highest BCUT2D eigenvalue weighted by Crippen LogP contribution is 2.36. The summed E-state index contributed by atoms with van der Waals surface area (Å²) in [5.41, 5.74) is 1.43. The van der Waals surface area contributed by atoms with E-state index in [1.807, 2.05) is 0 Å². The molecular formula is C25H43IN4O. The minimum absolute atomic E-state index is 0. The van der Waals surface area contributed by atoms with Crippen LogP contribution in [-0.2, 0) is 6.54 Å². The molecule has 1 aromatic rings. The molecule has 3 atom stereocenters. The topological polar surface area (TPSA) is 59.9 Å². The zero-order valence-electron chi connectivity index (χ0n) is 19.6. The Balaban J connectivity index is 0.00000341. The lowest BCUT2D eigenvalue weighted by atomic mass is 9.94. The van der Waals surface area contributed by atoms with Crippen LogP contribution in [0.4, 0.5) is 0 Å². The molecule has 2 aliphatic rings. The number of hydrogen-bond acceptors (Lipinski definition) is 3. The van der Waals surface area contributed by atoms with E-state index in [1.54, 1.807) is 0 Å². The summed E-state index contributed by atoms with van der Waals surface area (Å²) in [6, 6.07) is 12.7. The van der Waals surface area contributed by atoms with E-state index in [-0.39, 0.29) is 30.6 Å². The average Bonchev–Trinajstić information content (AvgIpc) is 2.95. The van der Waals surface area contributed by atoms with Gasteiger partial charge in [-0.15, -0.1) is 24.0 Å². The lowest BCUT2D eigenvalue weighted by Crippen LogP contribution is -2.52. The van der Waals surface area contributed by atoms with Gasteiger partial charge in [-0.05, 0) is 62.8 Å². The number of guanidine groups is 1. The SMILES string of the molecule is CCNC(=NCC(CCO)CC(C)C)NC1CC2CCC(C1)N2Cc1ccccc1.I. The number of nitrogens with one attached hydrogen (secondary N) is 2. The van der Waals surface area contributed by atoms with Gasteiger partial charge < -0.3 is 15.7 Å². The van der Waals surface area contributed by atoms with Gasteiger partial charge in [-0.3, -0.25) is 9.89 Å². The van der Waals surface area contributed by atoms with Crippen molar-refractivity contribution in [2.24, 2.45) is 16.8 Å². The van der Waals surface area contributed by atoms with Crippen molar-refractivity contribution in [1.82, 2.24) is 15.5 Å². The van der Waals surface area contributed by atoms with E-state index in [9.17, 15) is 5.11 Å². The third-order valence-electron chi connectivity index (χ3n) is 6.63. The summed E-state index contributed by atoms with van der Waals surface area (Å²) in [6.07, 6.45) is 6.97. The smallest absolute Gasteiger partial charge is 0.191 e. The van der Waals surface area contributed by atoms with E-state index < -0.39 is 0 Å². The van der Waals surface area contributed by atoms with Crippen LogP contribution in [0.3, 0.4) is 0 Å². The molecule has 2 saturated heterocycles. The lowest BCUT2D eigenvalue weighted by Gasteiger charge is -2.39. The number of nitrogens with zero attached hydrogens (tertiary/aromatic N) is 2. The zero-order valence-corrected chi connectivity index (χ0v) is 21.9. The van der Waals surface area contributed by atoms with Crippen LogP contribution in [0.1, 0.15) is 64.9 Å². The number of aliphatic hydroxyl groups excluding tert-OH is 1. The van der Waals surface area contributed by atoms with Gasteiger partial charge in [0.2, 0.25) is 0 Å². The van der Waals surface area contributed by atoms with Crippen LogP contribution < -0.4 is 10.6 Å². The molecule has 2 aliphatic heterocycles. The summed E-state index contributed by atoms with van der Waals surface area (Å²) in [4.78, 5) is 7.64. The van der Waals surface area contributed by atoms with Crippen LogP contribution in [0, 0.1) is 11.8 Å². The molecular weight excluding hydrogens is 499 g/mol. The standard InChI is InChI=1S/C25H42N4O.HI/c1-4-26-25(27-17-21(12-13-30)14-19(2)3)28-22-15-23-10-11-24(16-22)29(23)18-20-8-6-5-7-9-20;/h5-9,19,21-24,30H,4,10-18H2,1-3H3,(H2,26,27,28);1H. The third-order valence-corrected chi connectivity index (χ3v) is 6.63. The number of aliphatic imine (C=N–C) groups is 1. The number of benzene rings is 1. The molecule has 31 heavy (non-hydrogen) atoms. The second-order valence-corrected chi connectivity index (χ2v) is 9.58. The van der Waals surface area contributed by atoms with Gasteiger partial charge in [0, 0.05) is 44.4 Å². The van der Waals surface area contributed by atoms with Crippen molar-refractivity contribution < 1.29 is 5.11 Å². The Morgan fingerprint density at radius 2 is 1.84 bits per heavy atom. The number of hydrogen-bond donors (Lipinski definition) is 3. The molecule has 3 unspecified atom stereocenters. The Morgan fingerprint density at radius 1 is 1.16 bits per heavy atom. The van der Waals surface area contributed by atoms with Crippen molar-refractivity contribution in [2.45, 2.75) is 84.0 Å². The Hall–Kier alpha value is -0.860. The molecule has 2 bridgehead atoms. The van der Waals surface area contributed by atoms with Gasteiger partial charge in [-0.25, -0.2) is 0 Å². The van der Waals surface area contributed by atoms with Crippen molar-refractivity contribution >= 4 is 29.9 Å². The van der Waals surface area contributed by atoms with Crippen molar-refractivity contribution in [1.29, 1.82) is 0 Å². The van der Waals surface area contributed by atoms with Crippen molar-refractivity contribution in [2.75, 3.05) is 19.7 Å². The van der Waals surface area contributed by atoms with Crippen LogP contribution in [0.5, 0.6) is 0 Å². The maximum atomic E-state index is 9.39. The van der Waals surface area contributed by atoms with Crippen LogP contribution in [-0.4, -0.2) is 53.8 Å². The van der Waals surface area contributed by atoms with Gasteiger partial charge >= 0.3 is 0 Å². The largest absolute Gasteiger partial charge is 0.396 e. The first-order chi connectivity index (χ1) is 14.6. The van der Waals surface area contributed by atoms with E-state index in [4.69, 9.17) is 4.99 Å². The second kappa shape index (κ2) is 13.6. The van der Waals surface area contributed by atoms with Crippen molar-refractivity contribution in [3.05, 3.63) is 35.9 Å². The molecule has 0 aromatic heterocycles. The normalized spacial score (nSPS) is 24.7. The summed E-state index contributed by atoms with van der Waals surface area (Å²) in [6.45, 7) is 9.61. The van der Waals surface area contributed by atoms with E-state index in [1.165, 1.54) is 31.2 Å². The summed E-state index contributed by atoms with van der Waals surface area (Å²) in [5, 5.41) is 16.6. The average molecular weight is 543 g/mol. The van der Waals surface area contributed by atoms with Crippen LogP contribution >= 0.6 is 24.0 Å². The summed E-state index contributed by atoms with van der Waals surface area (Å²) in [5.74, 6) is 2.04. The second-order valence-electron chi connectivity index (χ2n) is 9.58. The van der Waals surface area contributed by atoms with Crippen LogP contribution in [0.15, 0.2) is 35.3 Å². The number of piperidine rings is 1. The molecule has 1 aromatic carbocycles. The fraction of sp³-hybridized carbons (Fsp3) is 0.720. The fourth-order valence-corrected chi connectivity index (χ4v) is 5.31. The quantitative estimate of drug-likeness (QED) is 0.233. The van der Waals surface area contributed by atoms with Gasteiger partial charge in [0.05, 0.1) is 0 Å². The Morgan fingerprint density at radius 3 is 2.42 bits per heavy atom. The molecule has 5 nitrogen and oxygen atoms in total. The molecule has 0 saturated carbocycles. The third kappa shape index (κ3) is 8.21. The predicted octanol–water partition coefficient (Wildman–Crippen LogP) is 4.40. The van der Waals surface area contributed by atoms with Crippen molar-refractivity contribution in [3.8, 4) is 0 Å². The van der Waals surface area contributed by atoms with Gasteiger partial charge in [0.25, 0.3) is 0 Å². The Labute approximate surface area is 206 Å². The number of halogens is 1. The Bertz CT molecular complexity index is 640. The molecule has 0 spiro atoms. The highest BCUT2D eigenvalue weighted by atomic mass is 127. The predicted molar refractivity (Wildman–Crippen MR) is 141 cm³/mol. The van der Waals surface area contributed by atoms with E-state index in [0.29, 0.717) is 30.0 Å². The van der Waals surface area contributed by atoms with Crippen LogP contribution in [0.2, 0.25) is 0 Å². The van der Waals surface area contributed by atoms with Gasteiger partial charge in [0.15, 0.2) is 5.96 Å². The monoisotopic (exact) mass is 542 g/mol. The van der Waals surface area contributed by atoms with E-state index in [2.05, 4.69) is 66.6 Å². The zero-order chi connectivity index (χ0) is 21.3. The molecule has 2 heterocycles. The van der Waals surface area contributed by atoms with Gasteiger partial charge in [0.1, 0.15) is 0 Å². The first-order valence-electron chi connectivity index (χ1n) is 12.0. The molecule has 3 rings (SSSR count). The molecule has 2 fully saturated rings. The molecule has 0 amide bonds. The highest BCUT2D eigenvalue weighted by Gasteiger charge is 2.40. The summed E-state index contributed by atoms with van der Waals surface area (Å²) >= 11 is 0. The van der Waals surface area contributed by atoms with E-state index >= 15 is 0 Å². The fourth-order valence-electron chi connectivity index (χ4n) is 5.31. The summed E-state index contributed by atoms with van der Waals surface area (Å²) < 4.78 is 0. The molecule has 6 heteroatoms. The molecule has 3 N–H and O–H groups in total. The Kier molecular flexibility index (Phi) is 11.6. The first-order valence-corrected chi connectivity index (χ1v) is 12.0.